The summed E-state index contributed by atoms with van der Waals surface area (Å²) in [5.74, 6) is -0.426. The van der Waals surface area contributed by atoms with E-state index in [1.165, 1.54) is 7.11 Å². The van der Waals surface area contributed by atoms with Gasteiger partial charge >= 0.3 is 5.97 Å². The Kier molecular flexibility index (Phi) is 8.62. The number of fused-ring (bicyclic) bond motifs is 3. The molecule has 0 aliphatic carbocycles. The maximum atomic E-state index is 13.0. The predicted molar refractivity (Wildman–Crippen MR) is 159 cm³/mol. The number of hydrogen-bond donors (Lipinski definition) is 2. The highest BCUT2D eigenvalue weighted by molar-refractivity contribution is 6.13. The number of amides is 1. The molecule has 1 unspecified atom stereocenters. The molecule has 0 saturated carbocycles. The molecule has 210 valence electrons. The minimum absolute atomic E-state index is 0.286. The Bertz CT molecular complexity index is 1650. The first-order valence-corrected chi connectivity index (χ1v) is 13.4. The molecule has 0 bridgehead atoms. The van der Waals surface area contributed by atoms with E-state index in [1.54, 1.807) is 7.11 Å². The Morgan fingerprint density at radius 3 is 2.10 bits per heavy atom. The summed E-state index contributed by atoms with van der Waals surface area (Å²) in [5.41, 5.74) is 11.1. The molecule has 0 spiro atoms. The lowest BCUT2D eigenvalue weighted by Crippen LogP contribution is -2.44. The highest BCUT2D eigenvalue weighted by Gasteiger charge is 2.24. The normalized spacial score (nSPS) is 12.7. The number of esters is 1. The molecular weight excluding hydrogens is 518 g/mol. The smallest absolute Gasteiger partial charge is 0.328 e. The summed E-state index contributed by atoms with van der Waals surface area (Å²) >= 11 is 0. The van der Waals surface area contributed by atoms with Gasteiger partial charge in [0.05, 0.1) is 18.0 Å². The molecule has 41 heavy (non-hydrogen) atoms. The van der Waals surface area contributed by atoms with Crippen LogP contribution >= 0.6 is 0 Å². The van der Waals surface area contributed by atoms with Crippen molar-refractivity contribution < 1.29 is 23.8 Å². The minimum atomic E-state index is -0.839. The SMILES string of the molecule is COC(=O)[C@H](Cc1ccccc1)NC(=O)COc1cccc2c1c1c(C(N)OC)cccc1n2Cc1ccccc1. The molecule has 1 aromatic heterocycles. The fourth-order valence-corrected chi connectivity index (χ4v) is 5.17. The van der Waals surface area contributed by atoms with Crippen molar-refractivity contribution in [1.82, 2.24) is 9.88 Å². The summed E-state index contributed by atoms with van der Waals surface area (Å²) in [6, 6.07) is 30.5. The van der Waals surface area contributed by atoms with Crippen molar-refractivity contribution in [3.05, 3.63) is 114 Å². The van der Waals surface area contributed by atoms with Crippen molar-refractivity contribution in [3.63, 3.8) is 0 Å². The van der Waals surface area contributed by atoms with Gasteiger partial charge in [0, 0.05) is 36.5 Å². The Hall–Kier alpha value is -4.66. The molecule has 8 heteroatoms. The number of benzene rings is 4. The number of nitrogens with zero attached hydrogens (tertiary/aromatic N) is 1. The van der Waals surface area contributed by atoms with Gasteiger partial charge < -0.3 is 29.8 Å². The van der Waals surface area contributed by atoms with Gasteiger partial charge in [-0.3, -0.25) is 4.79 Å². The van der Waals surface area contributed by atoms with E-state index in [0.29, 0.717) is 18.7 Å². The number of nitrogens with two attached hydrogens (primary N) is 1. The van der Waals surface area contributed by atoms with E-state index in [-0.39, 0.29) is 6.61 Å². The van der Waals surface area contributed by atoms with E-state index in [0.717, 1.165) is 38.5 Å². The third-order valence-corrected chi connectivity index (χ3v) is 7.12. The zero-order valence-corrected chi connectivity index (χ0v) is 23.1. The lowest BCUT2D eigenvalue weighted by Gasteiger charge is -2.17. The topological polar surface area (TPSA) is 105 Å². The van der Waals surface area contributed by atoms with Crippen molar-refractivity contribution in [3.8, 4) is 5.75 Å². The quantitative estimate of drug-likeness (QED) is 0.182. The van der Waals surface area contributed by atoms with Gasteiger partial charge in [-0.2, -0.15) is 0 Å². The van der Waals surface area contributed by atoms with Gasteiger partial charge in [-0.25, -0.2) is 4.79 Å². The van der Waals surface area contributed by atoms with E-state index in [1.807, 2.05) is 84.9 Å². The van der Waals surface area contributed by atoms with Gasteiger partial charge in [0.15, 0.2) is 6.61 Å². The molecule has 0 fully saturated rings. The maximum Gasteiger partial charge on any atom is 0.328 e. The molecule has 1 heterocycles. The van der Waals surface area contributed by atoms with Crippen LogP contribution in [0.25, 0.3) is 21.8 Å². The molecule has 8 nitrogen and oxygen atoms in total. The average molecular weight is 552 g/mol. The fourth-order valence-electron chi connectivity index (χ4n) is 5.17. The first kappa shape index (κ1) is 27.9. The molecule has 5 aromatic rings. The van der Waals surface area contributed by atoms with Gasteiger partial charge in [0.2, 0.25) is 0 Å². The lowest BCUT2D eigenvalue weighted by molar-refractivity contribution is -0.145. The number of methoxy groups -OCH3 is 2. The maximum absolute atomic E-state index is 13.0. The molecule has 0 aliphatic heterocycles. The number of ether oxygens (including phenoxy) is 3. The Morgan fingerprint density at radius 1 is 0.805 bits per heavy atom. The number of aromatic nitrogens is 1. The van der Waals surface area contributed by atoms with E-state index < -0.39 is 24.1 Å². The summed E-state index contributed by atoms with van der Waals surface area (Å²) in [6.07, 6.45) is -0.343. The number of hydrogen-bond acceptors (Lipinski definition) is 6. The van der Waals surface area contributed by atoms with Gasteiger partial charge in [-0.05, 0) is 29.3 Å². The third kappa shape index (κ3) is 6.09. The van der Waals surface area contributed by atoms with Crippen LogP contribution in [0.2, 0.25) is 0 Å². The van der Waals surface area contributed by atoms with Crippen LogP contribution in [-0.2, 0) is 32.0 Å². The van der Waals surface area contributed by atoms with Gasteiger partial charge in [-0.15, -0.1) is 0 Å². The second-order valence-electron chi connectivity index (χ2n) is 9.74. The standard InChI is InChI=1S/C33H33N3O5/c1-39-32(34)24-15-9-16-26-30(24)31-27(36(26)20-23-13-7-4-8-14-23)17-10-18-28(31)41-21-29(37)35-25(33(38)40-2)19-22-11-5-3-6-12-22/h3-18,25,32H,19-21,34H2,1-2H3,(H,35,37)/t25-,32?/m0/s1. The third-order valence-electron chi connectivity index (χ3n) is 7.12. The lowest BCUT2D eigenvalue weighted by atomic mass is 10.0. The highest BCUT2D eigenvalue weighted by atomic mass is 16.5. The van der Waals surface area contributed by atoms with Crippen molar-refractivity contribution in [2.24, 2.45) is 5.73 Å². The van der Waals surface area contributed by atoms with Crippen molar-refractivity contribution in [2.45, 2.75) is 25.2 Å². The van der Waals surface area contributed by atoms with Crippen molar-refractivity contribution in [2.75, 3.05) is 20.8 Å². The molecule has 0 saturated heterocycles. The second-order valence-corrected chi connectivity index (χ2v) is 9.74. The zero-order valence-electron chi connectivity index (χ0n) is 23.1. The summed E-state index contributed by atoms with van der Waals surface area (Å²) in [7, 11) is 2.87. The zero-order chi connectivity index (χ0) is 28.8. The minimum Gasteiger partial charge on any atom is -0.483 e. The summed E-state index contributed by atoms with van der Waals surface area (Å²) in [5, 5.41) is 4.50. The van der Waals surface area contributed by atoms with E-state index >= 15 is 0 Å². The van der Waals surface area contributed by atoms with Crippen LogP contribution in [0.4, 0.5) is 0 Å². The summed E-state index contributed by atoms with van der Waals surface area (Å²) in [6.45, 7) is 0.349. The predicted octanol–water partition coefficient (Wildman–Crippen LogP) is 4.73. The molecule has 2 atom stereocenters. The van der Waals surface area contributed by atoms with Crippen LogP contribution in [0.15, 0.2) is 97.1 Å². The van der Waals surface area contributed by atoms with Gasteiger partial charge in [-0.1, -0.05) is 78.9 Å². The molecule has 4 aromatic carbocycles. The van der Waals surface area contributed by atoms with Crippen LogP contribution in [0.5, 0.6) is 5.75 Å². The van der Waals surface area contributed by atoms with Gasteiger partial charge in [0.1, 0.15) is 18.0 Å². The average Bonchev–Trinajstić information content (AvgIpc) is 3.33. The monoisotopic (exact) mass is 551 g/mol. The number of nitrogens with one attached hydrogen (secondary N) is 1. The van der Waals surface area contributed by atoms with Crippen LogP contribution in [-0.4, -0.2) is 43.3 Å². The van der Waals surface area contributed by atoms with E-state index in [4.69, 9.17) is 19.9 Å². The number of carbonyl (C=O) groups excluding carboxylic acids is 2. The van der Waals surface area contributed by atoms with E-state index in [9.17, 15) is 9.59 Å². The Morgan fingerprint density at radius 2 is 1.44 bits per heavy atom. The molecule has 5 rings (SSSR count). The fraction of sp³-hybridized carbons (Fsp3) is 0.212. The van der Waals surface area contributed by atoms with Gasteiger partial charge in [0.25, 0.3) is 5.91 Å². The second kappa shape index (κ2) is 12.7. The molecule has 3 N–H and O–H groups in total. The van der Waals surface area contributed by atoms with Crippen molar-refractivity contribution >= 4 is 33.7 Å². The number of rotatable bonds is 11. The Balaban J connectivity index is 1.48. The molecule has 1 amide bonds. The first-order valence-electron chi connectivity index (χ1n) is 13.4. The largest absolute Gasteiger partial charge is 0.483 e. The number of carbonyl (C=O) groups is 2. The summed E-state index contributed by atoms with van der Waals surface area (Å²) in [4.78, 5) is 25.4. The van der Waals surface area contributed by atoms with Crippen LogP contribution in [0.1, 0.15) is 22.9 Å². The van der Waals surface area contributed by atoms with Crippen LogP contribution in [0.3, 0.4) is 0 Å². The molecular formula is C33H33N3O5. The van der Waals surface area contributed by atoms with Crippen LogP contribution < -0.4 is 15.8 Å². The Labute approximate surface area is 238 Å². The molecule has 0 aliphatic rings. The van der Waals surface area contributed by atoms with Crippen LogP contribution in [0, 0.1) is 0 Å². The summed E-state index contributed by atoms with van der Waals surface area (Å²) < 4.78 is 18.8. The highest BCUT2D eigenvalue weighted by Crippen LogP contribution is 2.39. The van der Waals surface area contributed by atoms with E-state index in [2.05, 4.69) is 22.0 Å². The van der Waals surface area contributed by atoms with Crippen molar-refractivity contribution in [1.29, 1.82) is 0 Å². The molecule has 0 radical (unpaired) electrons. The first-order chi connectivity index (χ1) is 20.0.